The van der Waals surface area contributed by atoms with Crippen molar-refractivity contribution in [1.82, 2.24) is 4.72 Å². The first-order valence-electron chi connectivity index (χ1n) is 4.23. The number of hydrogen-bond acceptors (Lipinski definition) is 3. The van der Waals surface area contributed by atoms with E-state index in [9.17, 15) is 21.6 Å². The van der Waals surface area contributed by atoms with Crippen LogP contribution in [0, 0.1) is 0 Å². The smallest absolute Gasteiger partial charge is 0.398 e. The fourth-order valence-electron chi connectivity index (χ4n) is 1.02. The first-order valence-corrected chi connectivity index (χ1v) is 6.09. The second kappa shape index (κ2) is 4.71. The van der Waals surface area contributed by atoms with Gasteiger partial charge in [-0.1, -0.05) is 11.6 Å². The van der Waals surface area contributed by atoms with Gasteiger partial charge in [0.05, 0.1) is 5.69 Å². The summed E-state index contributed by atoms with van der Waals surface area (Å²) in [7, 11) is -4.29. The third kappa shape index (κ3) is 4.06. The van der Waals surface area contributed by atoms with Crippen molar-refractivity contribution in [2.75, 3.05) is 12.3 Å². The second-order valence-electron chi connectivity index (χ2n) is 3.12. The molecule has 17 heavy (non-hydrogen) atoms. The lowest BCUT2D eigenvalue weighted by Gasteiger charge is -2.10. The van der Waals surface area contributed by atoms with Crippen molar-refractivity contribution in [3.8, 4) is 0 Å². The molecule has 0 saturated heterocycles. The van der Waals surface area contributed by atoms with Gasteiger partial charge in [0.2, 0.25) is 10.0 Å². The van der Waals surface area contributed by atoms with Crippen LogP contribution in [0.4, 0.5) is 18.9 Å². The highest BCUT2D eigenvalue weighted by atomic mass is 35.5. The molecule has 1 aromatic rings. The van der Waals surface area contributed by atoms with Gasteiger partial charge in [-0.15, -0.1) is 0 Å². The Hall–Kier alpha value is -0.990. The zero-order valence-corrected chi connectivity index (χ0v) is 9.83. The number of alkyl halides is 3. The van der Waals surface area contributed by atoms with E-state index in [-0.39, 0.29) is 10.7 Å². The van der Waals surface area contributed by atoms with E-state index in [2.05, 4.69) is 0 Å². The second-order valence-corrected chi connectivity index (χ2v) is 5.29. The molecule has 0 aliphatic rings. The molecule has 0 bridgehead atoms. The topological polar surface area (TPSA) is 72.2 Å². The molecule has 0 unspecified atom stereocenters. The summed E-state index contributed by atoms with van der Waals surface area (Å²) in [5.74, 6) is 0. The van der Waals surface area contributed by atoms with Gasteiger partial charge in [-0.25, -0.2) is 13.1 Å². The number of nitrogen functional groups attached to an aromatic ring is 1. The van der Waals surface area contributed by atoms with Crippen molar-refractivity contribution in [1.29, 1.82) is 0 Å². The minimum atomic E-state index is -4.63. The Balaban J connectivity index is 2.98. The van der Waals surface area contributed by atoms with Crippen LogP contribution in [0.25, 0.3) is 0 Å². The van der Waals surface area contributed by atoms with Crippen LogP contribution in [0.2, 0.25) is 5.02 Å². The summed E-state index contributed by atoms with van der Waals surface area (Å²) < 4.78 is 60.0. The molecule has 0 aliphatic heterocycles. The van der Waals surface area contributed by atoms with Gasteiger partial charge in [0.15, 0.2) is 0 Å². The van der Waals surface area contributed by atoms with Crippen LogP contribution in [-0.2, 0) is 10.0 Å². The first-order chi connectivity index (χ1) is 7.62. The number of hydrogen-bond donors (Lipinski definition) is 2. The van der Waals surface area contributed by atoms with E-state index < -0.39 is 27.6 Å². The zero-order valence-electron chi connectivity index (χ0n) is 8.25. The van der Waals surface area contributed by atoms with Crippen LogP contribution in [0.1, 0.15) is 0 Å². The summed E-state index contributed by atoms with van der Waals surface area (Å²) in [6.45, 7) is -1.66. The van der Waals surface area contributed by atoms with Crippen molar-refractivity contribution in [2.24, 2.45) is 0 Å². The van der Waals surface area contributed by atoms with Crippen molar-refractivity contribution >= 4 is 27.3 Å². The van der Waals surface area contributed by atoms with Gasteiger partial charge in [-0.05, 0) is 18.2 Å². The molecule has 0 radical (unpaired) electrons. The average molecular weight is 289 g/mol. The summed E-state index contributed by atoms with van der Waals surface area (Å²) in [6, 6.07) is 3.40. The van der Waals surface area contributed by atoms with E-state index in [4.69, 9.17) is 17.3 Å². The minimum absolute atomic E-state index is 0.192. The van der Waals surface area contributed by atoms with E-state index in [1.165, 1.54) is 10.8 Å². The van der Waals surface area contributed by atoms with Crippen LogP contribution in [0.3, 0.4) is 0 Å². The maximum absolute atomic E-state index is 11.9. The van der Waals surface area contributed by atoms with Gasteiger partial charge >= 0.3 is 6.18 Å². The Kier molecular flexibility index (Phi) is 3.90. The lowest BCUT2D eigenvalue weighted by Crippen LogP contribution is -2.34. The third-order valence-electron chi connectivity index (χ3n) is 1.72. The quantitative estimate of drug-likeness (QED) is 0.833. The standard InChI is InChI=1S/C8H8ClF3N2O2S/c9-5-1-2-7(6(13)3-5)17(15,16)14-4-8(10,11)12/h1-3,14H,4,13H2. The molecular weight excluding hydrogens is 281 g/mol. The minimum Gasteiger partial charge on any atom is -0.398 e. The maximum Gasteiger partial charge on any atom is 0.402 e. The number of nitrogens with two attached hydrogens (primary N) is 1. The molecule has 1 rings (SSSR count). The molecule has 4 nitrogen and oxygen atoms in total. The molecule has 96 valence electrons. The van der Waals surface area contributed by atoms with E-state index >= 15 is 0 Å². The van der Waals surface area contributed by atoms with Crippen molar-refractivity contribution in [3.63, 3.8) is 0 Å². The van der Waals surface area contributed by atoms with E-state index in [0.717, 1.165) is 12.1 Å². The van der Waals surface area contributed by atoms with Crippen molar-refractivity contribution in [3.05, 3.63) is 23.2 Å². The average Bonchev–Trinajstić information content (AvgIpc) is 2.13. The largest absolute Gasteiger partial charge is 0.402 e. The van der Waals surface area contributed by atoms with Crippen LogP contribution < -0.4 is 10.5 Å². The molecule has 0 amide bonds. The van der Waals surface area contributed by atoms with Gasteiger partial charge in [0.25, 0.3) is 0 Å². The molecule has 0 aliphatic carbocycles. The number of nitrogens with one attached hydrogen (secondary N) is 1. The lowest BCUT2D eigenvalue weighted by molar-refractivity contribution is -0.121. The summed E-state index contributed by atoms with van der Waals surface area (Å²) in [5, 5.41) is 0.192. The van der Waals surface area contributed by atoms with Gasteiger partial charge in [-0.2, -0.15) is 13.2 Å². The first kappa shape index (κ1) is 14.1. The third-order valence-corrected chi connectivity index (χ3v) is 3.43. The van der Waals surface area contributed by atoms with Crippen LogP contribution in [0.15, 0.2) is 23.1 Å². The van der Waals surface area contributed by atoms with E-state index in [1.54, 1.807) is 0 Å². The molecular formula is C8H8ClF3N2O2S. The Morgan fingerprint density at radius 2 is 1.94 bits per heavy atom. The molecule has 0 fully saturated rings. The van der Waals surface area contributed by atoms with Crippen molar-refractivity contribution < 1.29 is 21.6 Å². The van der Waals surface area contributed by atoms with Gasteiger partial charge in [0, 0.05) is 5.02 Å². The molecule has 3 N–H and O–H groups in total. The molecule has 0 atom stereocenters. The van der Waals surface area contributed by atoms with Crippen LogP contribution in [0.5, 0.6) is 0 Å². The predicted molar refractivity (Wildman–Crippen MR) is 57.1 cm³/mol. The maximum atomic E-state index is 11.9. The molecule has 0 aromatic heterocycles. The summed E-state index contributed by atoms with van der Waals surface area (Å²) >= 11 is 5.54. The summed E-state index contributed by atoms with van der Waals surface area (Å²) in [4.78, 5) is -0.439. The number of benzene rings is 1. The zero-order chi connectivity index (χ0) is 13.3. The van der Waals surface area contributed by atoms with Gasteiger partial charge in [0.1, 0.15) is 11.4 Å². The Morgan fingerprint density at radius 3 is 2.41 bits per heavy atom. The molecule has 0 heterocycles. The highest BCUT2D eigenvalue weighted by Crippen LogP contribution is 2.23. The molecule has 0 saturated carbocycles. The highest BCUT2D eigenvalue weighted by Gasteiger charge is 2.30. The summed E-state index contributed by atoms with van der Waals surface area (Å²) in [6.07, 6.45) is -4.63. The number of anilines is 1. The van der Waals surface area contributed by atoms with Crippen LogP contribution >= 0.6 is 11.6 Å². The molecule has 9 heteroatoms. The van der Waals surface area contributed by atoms with Gasteiger partial charge < -0.3 is 5.73 Å². The SMILES string of the molecule is Nc1cc(Cl)ccc1S(=O)(=O)NCC(F)(F)F. The van der Waals surface area contributed by atoms with Crippen molar-refractivity contribution in [2.45, 2.75) is 11.1 Å². The highest BCUT2D eigenvalue weighted by molar-refractivity contribution is 7.89. The van der Waals surface area contributed by atoms with Crippen LogP contribution in [-0.4, -0.2) is 21.1 Å². The fraction of sp³-hybridized carbons (Fsp3) is 0.250. The number of rotatable bonds is 3. The normalized spacial score (nSPS) is 12.7. The predicted octanol–water partition coefficient (Wildman–Crippen LogP) is 1.76. The number of halogens is 4. The Bertz CT molecular complexity index is 516. The van der Waals surface area contributed by atoms with E-state index in [1.807, 2.05) is 0 Å². The Labute approximate surface area is 101 Å². The monoisotopic (exact) mass is 288 g/mol. The molecule has 0 spiro atoms. The summed E-state index contributed by atoms with van der Waals surface area (Å²) in [5.41, 5.74) is 5.15. The van der Waals surface area contributed by atoms with Gasteiger partial charge in [-0.3, -0.25) is 0 Å². The fourth-order valence-corrected chi connectivity index (χ4v) is 2.32. The Morgan fingerprint density at radius 1 is 1.35 bits per heavy atom. The van der Waals surface area contributed by atoms with E-state index in [0.29, 0.717) is 0 Å². The molecule has 1 aromatic carbocycles. The number of sulfonamides is 1. The lowest BCUT2D eigenvalue weighted by atomic mass is 10.3.